The number of rotatable bonds is 0. The predicted octanol–water partition coefficient (Wildman–Crippen LogP) is -5.23. The number of benzene rings is 1. The highest BCUT2D eigenvalue weighted by molar-refractivity contribution is 5.11. The van der Waals surface area contributed by atoms with Gasteiger partial charge in [-0.25, -0.2) is 0 Å². The molecule has 4 heteroatoms. The zero-order valence-electron chi connectivity index (χ0n) is 6.17. The third-order valence-electron chi connectivity index (χ3n) is 0.940. The maximum atomic E-state index is 6.50. The van der Waals surface area contributed by atoms with Crippen molar-refractivity contribution in [1.82, 2.24) is 0 Å². The Morgan fingerprint density at radius 2 is 1.36 bits per heavy atom. The zero-order chi connectivity index (χ0) is 7.11. The standard InChI is InChI=1S/C7H8.2ClH.H2N2/c1-7-5-3-2-4-6-7;;;1-2/h2-6H,1H3;2*1H;1H2/p-2. The Morgan fingerprint density at radius 1 is 1.00 bits per heavy atom. The maximum Gasteiger partial charge on any atom is -0.0398 e. The van der Waals surface area contributed by atoms with E-state index in [2.05, 4.69) is 24.6 Å². The average Bonchev–Trinajstić information content (AvgIpc) is 1.94. The van der Waals surface area contributed by atoms with E-state index in [0.29, 0.717) is 0 Å². The predicted molar refractivity (Wildman–Crippen MR) is 36.5 cm³/mol. The van der Waals surface area contributed by atoms with E-state index < -0.39 is 0 Å². The molecule has 1 aromatic rings. The third-order valence-corrected chi connectivity index (χ3v) is 0.940. The number of nitrogens with zero attached hydrogens (tertiary/aromatic N) is 1. The topological polar surface area (TPSA) is 47.9 Å². The molecule has 0 bridgehead atoms. The molecule has 2 N–H and O–H groups in total. The molecule has 0 atom stereocenters. The Bertz CT molecular complexity index is 156. The van der Waals surface area contributed by atoms with Crippen LogP contribution >= 0.6 is 0 Å². The molecule has 11 heavy (non-hydrogen) atoms. The number of hydrogen-bond acceptors (Lipinski definition) is 0. The fourth-order valence-corrected chi connectivity index (χ4v) is 0.534. The maximum absolute atomic E-state index is 6.50. The lowest BCUT2D eigenvalue weighted by Gasteiger charge is -1.82. The molecule has 0 fully saturated rings. The van der Waals surface area contributed by atoms with Crippen LogP contribution in [0, 0.1) is 6.92 Å². The Morgan fingerprint density at radius 3 is 1.55 bits per heavy atom. The van der Waals surface area contributed by atoms with Gasteiger partial charge in [0.1, 0.15) is 0 Å². The van der Waals surface area contributed by atoms with Gasteiger partial charge in [0.05, 0.1) is 0 Å². The molecule has 0 aromatic heterocycles. The van der Waals surface area contributed by atoms with E-state index in [1.165, 1.54) is 5.56 Å². The van der Waals surface area contributed by atoms with E-state index in [1.54, 1.807) is 0 Å². The molecule has 0 saturated heterocycles. The van der Waals surface area contributed by atoms with Crippen molar-refractivity contribution in [2.45, 2.75) is 6.92 Å². The highest BCUT2D eigenvalue weighted by Gasteiger charge is 1.72. The second-order valence-electron chi connectivity index (χ2n) is 1.65. The summed E-state index contributed by atoms with van der Waals surface area (Å²) in [6.45, 7) is 2.08. The van der Waals surface area contributed by atoms with Gasteiger partial charge in [-0.15, -0.1) is 0 Å². The molecule has 0 aliphatic rings. The van der Waals surface area contributed by atoms with Crippen molar-refractivity contribution in [1.29, 1.82) is 0 Å². The summed E-state index contributed by atoms with van der Waals surface area (Å²) in [6.07, 6.45) is 0. The van der Waals surface area contributed by atoms with Gasteiger partial charge in [0, 0.05) is 0 Å². The van der Waals surface area contributed by atoms with Gasteiger partial charge < -0.3 is 35.9 Å². The second-order valence-corrected chi connectivity index (χ2v) is 1.65. The van der Waals surface area contributed by atoms with E-state index in [0.717, 1.165) is 0 Å². The summed E-state index contributed by atoms with van der Waals surface area (Å²) in [6, 6.07) is 10.3. The Hall–Kier alpha value is -0.600. The monoisotopic (exact) mass is 192 g/mol. The number of hydrogen-bond donors (Lipinski definition) is 1. The summed E-state index contributed by atoms with van der Waals surface area (Å²) in [7, 11) is 0. The largest absolute Gasteiger partial charge is 1.00 e. The second kappa shape index (κ2) is 12.1. The summed E-state index contributed by atoms with van der Waals surface area (Å²) in [5.41, 5.74) is 11.3. The molecule has 0 aliphatic heterocycles. The molecule has 2 nitrogen and oxygen atoms in total. The van der Waals surface area contributed by atoms with Crippen molar-refractivity contribution in [2.24, 2.45) is 0 Å². The van der Waals surface area contributed by atoms with E-state index in [4.69, 9.17) is 5.53 Å². The van der Waals surface area contributed by atoms with Crippen LogP contribution in [0.15, 0.2) is 30.3 Å². The van der Waals surface area contributed by atoms with Crippen molar-refractivity contribution in [3.63, 3.8) is 0 Å². The summed E-state index contributed by atoms with van der Waals surface area (Å²) in [5.74, 6) is 0. The van der Waals surface area contributed by atoms with Gasteiger partial charge in [0.2, 0.25) is 0 Å². The van der Waals surface area contributed by atoms with E-state index in [-0.39, 0.29) is 24.8 Å². The Balaban J connectivity index is -0.000000149. The van der Waals surface area contributed by atoms with Crippen LogP contribution in [0.2, 0.25) is 0 Å². The molecule has 0 heterocycles. The molecule has 0 spiro atoms. The van der Waals surface area contributed by atoms with E-state index >= 15 is 0 Å². The van der Waals surface area contributed by atoms with E-state index in [9.17, 15) is 0 Å². The highest BCUT2D eigenvalue weighted by atomic mass is 35.5. The normalized spacial score (nSPS) is 5.91. The third kappa shape index (κ3) is 9.40. The molecule has 0 saturated carbocycles. The quantitative estimate of drug-likeness (QED) is 0.400. The molecule has 64 valence electrons. The molecule has 1 aromatic carbocycles. The van der Waals surface area contributed by atoms with Crippen LogP contribution in [0.4, 0.5) is 0 Å². The van der Waals surface area contributed by atoms with Crippen molar-refractivity contribution in [3.8, 4) is 0 Å². The van der Waals surface area contributed by atoms with Gasteiger partial charge in [-0.3, -0.25) is 0 Å². The minimum atomic E-state index is 0. The van der Waals surface area contributed by atoms with Gasteiger partial charge in [0.25, 0.3) is 0 Å². The first-order valence-electron chi connectivity index (χ1n) is 2.67. The lowest BCUT2D eigenvalue weighted by molar-refractivity contribution is -0.143. The van der Waals surface area contributed by atoms with Gasteiger partial charge in [0.15, 0.2) is 0 Å². The molecule has 1 rings (SSSR count). The van der Waals surface area contributed by atoms with Crippen LogP contribution in [-0.4, -0.2) is 0 Å². The van der Waals surface area contributed by atoms with Crippen molar-refractivity contribution < 1.29 is 30.3 Å². The Kier molecular flexibility index (Phi) is 18.5. The summed E-state index contributed by atoms with van der Waals surface area (Å²) in [5, 5.41) is 0. The van der Waals surface area contributed by atoms with Gasteiger partial charge in [-0.05, 0) is 6.92 Å². The summed E-state index contributed by atoms with van der Waals surface area (Å²) >= 11 is 0. The lowest BCUT2D eigenvalue weighted by atomic mass is 10.2. The van der Waals surface area contributed by atoms with Crippen LogP contribution < -0.4 is 30.3 Å². The van der Waals surface area contributed by atoms with Crippen LogP contribution in [0.25, 0.3) is 5.53 Å². The SMILES string of the molecule is Cc1ccccc1.[Cl-].[Cl-].[N-]=[NH2+]. The van der Waals surface area contributed by atoms with Crippen LogP contribution in [0.5, 0.6) is 0 Å². The van der Waals surface area contributed by atoms with Crippen LogP contribution in [-0.2, 0) is 0 Å². The first-order chi connectivity index (χ1) is 4.39. The van der Waals surface area contributed by atoms with Crippen molar-refractivity contribution in [3.05, 3.63) is 41.4 Å². The van der Waals surface area contributed by atoms with Gasteiger partial charge >= 0.3 is 0 Å². The molecule has 0 unspecified atom stereocenters. The molecule has 0 aliphatic carbocycles. The average molecular weight is 193 g/mol. The number of halogens is 2. The fraction of sp³-hybridized carbons (Fsp3) is 0.143. The summed E-state index contributed by atoms with van der Waals surface area (Å²) < 4.78 is 0. The molecule has 0 radical (unpaired) electrons. The lowest BCUT2D eigenvalue weighted by Crippen LogP contribution is -3.00. The van der Waals surface area contributed by atoms with Crippen LogP contribution in [0.1, 0.15) is 5.56 Å². The van der Waals surface area contributed by atoms with E-state index in [1.807, 2.05) is 18.2 Å². The minimum absolute atomic E-state index is 0. The first kappa shape index (κ1) is 16.8. The Labute approximate surface area is 79.1 Å². The molecule has 0 amide bonds. The van der Waals surface area contributed by atoms with Gasteiger partial charge in [-0.2, -0.15) is 0 Å². The van der Waals surface area contributed by atoms with Crippen molar-refractivity contribution in [2.75, 3.05) is 0 Å². The number of nitrogens with two attached hydrogens (primary N) is 1. The zero-order valence-corrected chi connectivity index (χ0v) is 7.68. The first-order valence-corrected chi connectivity index (χ1v) is 2.67. The summed E-state index contributed by atoms with van der Waals surface area (Å²) in [4.78, 5) is 0. The minimum Gasteiger partial charge on any atom is -1.00 e. The van der Waals surface area contributed by atoms with Crippen molar-refractivity contribution >= 4 is 0 Å². The molecular weight excluding hydrogens is 183 g/mol. The fourth-order valence-electron chi connectivity index (χ4n) is 0.534. The highest BCUT2D eigenvalue weighted by Crippen LogP contribution is 1.92. The number of aryl methyl sites for hydroxylation is 1. The van der Waals surface area contributed by atoms with Gasteiger partial charge in [-0.1, -0.05) is 35.9 Å². The van der Waals surface area contributed by atoms with Crippen LogP contribution in [0.3, 0.4) is 0 Å². The molecular formula is C7H10Cl2N2-2. The smallest absolute Gasteiger partial charge is 0.0398 e.